The quantitative estimate of drug-likeness (QED) is 0.751. The Labute approximate surface area is 139 Å². The normalized spacial score (nSPS) is 37.5. The average molecular weight is 344 g/mol. The third kappa shape index (κ3) is 3.44. The number of nitrogens with zero attached hydrogens (tertiary/aromatic N) is 2. The summed E-state index contributed by atoms with van der Waals surface area (Å²) in [6.07, 6.45) is 5.14. The van der Waals surface area contributed by atoms with Crippen LogP contribution in [0.1, 0.15) is 32.1 Å². The van der Waals surface area contributed by atoms with Crippen LogP contribution in [0.3, 0.4) is 0 Å². The van der Waals surface area contributed by atoms with E-state index in [1.165, 1.54) is 25.9 Å². The van der Waals surface area contributed by atoms with Crippen LogP contribution in [0.2, 0.25) is 0 Å². The van der Waals surface area contributed by atoms with Crippen molar-refractivity contribution in [3.63, 3.8) is 0 Å². The van der Waals surface area contributed by atoms with E-state index in [2.05, 4.69) is 4.90 Å². The van der Waals surface area contributed by atoms with E-state index in [9.17, 15) is 8.42 Å². The van der Waals surface area contributed by atoms with Crippen molar-refractivity contribution in [2.75, 3.05) is 52.5 Å². The molecule has 1 saturated carbocycles. The summed E-state index contributed by atoms with van der Waals surface area (Å²) in [5, 5.41) is -0.153. The molecule has 6 nitrogen and oxygen atoms in total. The first-order valence-corrected chi connectivity index (χ1v) is 10.5. The average Bonchev–Trinajstić information content (AvgIpc) is 3.20. The highest BCUT2D eigenvalue weighted by Crippen LogP contribution is 2.37. The highest BCUT2D eigenvalue weighted by molar-refractivity contribution is 7.90. The van der Waals surface area contributed by atoms with Crippen molar-refractivity contribution in [3.8, 4) is 0 Å². The first kappa shape index (κ1) is 16.3. The van der Waals surface area contributed by atoms with Crippen molar-refractivity contribution in [2.45, 2.75) is 43.0 Å². The second kappa shape index (κ2) is 6.26. The van der Waals surface area contributed by atoms with Crippen LogP contribution >= 0.6 is 0 Å². The molecule has 4 fully saturated rings. The molecule has 0 N–H and O–H groups in total. The van der Waals surface area contributed by atoms with Crippen LogP contribution in [0.15, 0.2) is 0 Å². The summed E-state index contributed by atoms with van der Waals surface area (Å²) < 4.78 is 38.7. The lowest BCUT2D eigenvalue weighted by atomic mass is 9.94. The number of likely N-dealkylation sites (tertiary alicyclic amines) is 1. The van der Waals surface area contributed by atoms with Gasteiger partial charge in [0.2, 0.25) is 10.0 Å². The van der Waals surface area contributed by atoms with Gasteiger partial charge < -0.3 is 14.4 Å². The van der Waals surface area contributed by atoms with Gasteiger partial charge in [-0.05, 0) is 51.1 Å². The van der Waals surface area contributed by atoms with Gasteiger partial charge in [-0.25, -0.2) is 8.42 Å². The van der Waals surface area contributed by atoms with Gasteiger partial charge in [0.25, 0.3) is 0 Å². The Hall–Kier alpha value is -0.210. The van der Waals surface area contributed by atoms with Crippen molar-refractivity contribution in [2.24, 2.45) is 5.92 Å². The van der Waals surface area contributed by atoms with Crippen molar-refractivity contribution >= 4 is 10.0 Å². The summed E-state index contributed by atoms with van der Waals surface area (Å²) in [4.78, 5) is 2.52. The third-order valence-electron chi connectivity index (χ3n) is 5.62. The largest absolute Gasteiger partial charge is 0.377 e. The highest BCUT2D eigenvalue weighted by atomic mass is 32.2. The molecule has 0 bridgehead atoms. The summed E-state index contributed by atoms with van der Waals surface area (Å²) >= 11 is 0. The van der Waals surface area contributed by atoms with Crippen molar-refractivity contribution in [3.05, 3.63) is 0 Å². The molecule has 7 heteroatoms. The standard InChI is InChI=1S/C16H28N2O4S/c19-23(20,15-3-4-15)18-7-8-21-13-16(12-18)9-14(11-22-16)10-17-5-1-2-6-17/h14-15H,1-13H2/t14-,16+/m1/s1. The zero-order chi connectivity index (χ0) is 15.9. The minimum atomic E-state index is -3.15. The molecule has 3 aliphatic heterocycles. The molecule has 1 spiro atoms. The first-order chi connectivity index (χ1) is 11.1. The topological polar surface area (TPSA) is 59.1 Å². The van der Waals surface area contributed by atoms with Gasteiger partial charge in [0.05, 0.1) is 25.1 Å². The molecule has 0 radical (unpaired) electrons. The molecule has 0 aromatic carbocycles. The van der Waals surface area contributed by atoms with Crippen LogP contribution in [0, 0.1) is 5.92 Å². The Kier molecular flexibility index (Phi) is 4.43. The lowest BCUT2D eigenvalue weighted by Gasteiger charge is -2.31. The van der Waals surface area contributed by atoms with E-state index in [0.29, 0.717) is 32.2 Å². The summed E-state index contributed by atoms with van der Waals surface area (Å²) in [5.41, 5.74) is -0.428. The number of sulfonamides is 1. The molecule has 0 aromatic heterocycles. The number of hydrogen-bond donors (Lipinski definition) is 0. The lowest BCUT2D eigenvalue weighted by molar-refractivity contribution is -0.0512. The number of ether oxygens (including phenoxy) is 2. The molecule has 3 saturated heterocycles. The number of rotatable bonds is 4. The molecule has 0 amide bonds. The van der Waals surface area contributed by atoms with E-state index >= 15 is 0 Å². The molecule has 2 atom stereocenters. The zero-order valence-corrected chi connectivity index (χ0v) is 14.6. The molecule has 4 aliphatic rings. The van der Waals surface area contributed by atoms with E-state index in [4.69, 9.17) is 9.47 Å². The maximum atomic E-state index is 12.6. The van der Waals surface area contributed by atoms with E-state index < -0.39 is 15.6 Å². The second-order valence-corrected chi connectivity index (χ2v) is 9.92. The third-order valence-corrected chi connectivity index (χ3v) is 7.97. The molecular formula is C16H28N2O4S. The Morgan fingerprint density at radius 3 is 2.65 bits per heavy atom. The molecule has 132 valence electrons. The van der Waals surface area contributed by atoms with Crippen LogP contribution in [0.5, 0.6) is 0 Å². The minimum Gasteiger partial charge on any atom is -0.377 e. The monoisotopic (exact) mass is 344 g/mol. The van der Waals surface area contributed by atoms with E-state index in [1.807, 2.05) is 0 Å². The summed E-state index contributed by atoms with van der Waals surface area (Å²) in [6, 6.07) is 0. The fourth-order valence-electron chi connectivity index (χ4n) is 4.26. The van der Waals surface area contributed by atoms with Crippen molar-refractivity contribution < 1.29 is 17.9 Å². The maximum absolute atomic E-state index is 12.6. The summed E-state index contributed by atoms with van der Waals surface area (Å²) in [7, 11) is -3.15. The van der Waals surface area contributed by atoms with Crippen LogP contribution in [0.4, 0.5) is 0 Å². The predicted octanol–water partition coefficient (Wildman–Crippen LogP) is 0.682. The Bertz CT molecular complexity index is 530. The van der Waals surface area contributed by atoms with E-state index in [0.717, 1.165) is 32.4 Å². The fourth-order valence-corrected chi connectivity index (χ4v) is 6.16. The van der Waals surface area contributed by atoms with Gasteiger partial charge in [-0.2, -0.15) is 4.31 Å². The molecular weight excluding hydrogens is 316 g/mol. The number of hydrogen-bond acceptors (Lipinski definition) is 5. The predicted molar refractivity (Wildman–Crippen MR) is 86.8 cm³/mol. The highest BCUT2D eigenvalue weighted by Gasteiger charge is 2.48. The molecule has 0 aromatic rings. The SMILES string of the molecule is O=S(=O)(C1CC1)N1CCOC[C@]2(C[C@H](CN3CCCC3)CO2)C1. The van der Waals surface area contributed by atoms with Gasteiger partial charge in [0.1, 0.15) is 5.60 Å². The zero-order valence-electron chi connectivity index (χ0n) is 13.8. The minimum absolute atomic E-state index is 0.153. The first-order valence-electron chi connectivity index (χ1n) is 9.00. The molecule has 23 heavy (non-hydrogen) atoms. The Morgan fingerprint density at radius 1 is 1.13 bits per heavy atom. The van der Waals surface area contributed by atoms with Gasteiger partial charge in [0, 0.05) is 19.6 Å². The summed E-state index contributed by atoms with van der Waals surface area (Å²) in [6.45, 7) is 6.16. The van der Waals surface area contributed by atoms with Crippen molar-refractivity contribution in [1.82, 2.24) is 9.21 Å². The van der Waals surface area contributed by atoms with Gasteiger partial charge in [0.15, 0.2) is 0 Å². The lowest BCUT2D eigenvalue weighted by Crippen LogP contribution is -2.47. The second-order valence-electron chi connectivity index (χ2n) is 7.70. The van der Waals surface area contributed by atoms with E-state index in [1.54, 1.807) is 4.31 Å². The van der Waals surface area contributed by atoms with Crippen LogP contribution in [0.25, 0.3) is 0 Å². The van der Waals surface area contributed by atoms with Gasteiger partial charge in [-0.1, -0.05) is 0 Å². The van der Waals surface area contributed by atoms with Gasteiger partial charge >= 0.3 is 0 Å². The molecule has 3 heterocycles. The summed E-state index contributed by atoms with van der Waals surface area (Å²) in [5.74, 6) is 0.500. The van der Waals surface area contributed by atoms with Crippen LogP contribution in [-0.2, 0) is 19.5 Å². The Balaban J connectivity index is 1.42. The molecule has 0 unspecified atom stereocenters. The fraction of sp³-hybridized carbons (Fsp3) is 1.00. The van der Waals surface area contributed by atoms with Crippen molar-refractivity contribution in [1.29, 1.82) is 0 Å². The Morgan fingerprint density at radius 2 is 1.91 bits per heavy atom. The molecule has 4 rings (SSSR count). The van der Waals surface area contributed by atoms with Crippen LogP contribution < -0.4 is 0 Å². The molecule has 1 aliphatic carbocycles. The maximum Gasteiger partial charge on any atom is 0.217 e. The smallest absolute Gasteiger partial charge is 0.217 e. The van der Waals surface area contributed by atoms with Gasteiger partial charge in [-0.3, -0.25) is 0 Å². The van der Waals surface area contributed by atoms with E-state index in [-0.39, 0.29) is 5.25 Å². The van der Waals surface area contributed by atoms with Gasteiger partial charge in [-0.15, -0.1) is 0 Å². The van der Waals surface area contributed by atoms with Crippen LogP contribution in [-0.4, -0.2) is 81.0 Å².